The summed E-state index contributed by atoms with van der Waals surface area (Å²) < 4.78 is 4.24. The molecule has 40 heavy (non-hydrogen) atoms. The number of aromatic nitrogens is 6. The van der Waals surface area contributed by atoms with Crippen molar-refractivity contribution in [2.45, 2.75) is 0 Å². The maximum absolute atomic E-state index is 4.97. The molecular formula is C28H20Cl3MnN6S2. The molecule has 0 aliphatic carbocycles. The summed E-state index contributed by atoms with van der Waals surface area (Å²) in [6.07, 6.45) is 12.3. The average molecular weight is 666 g/mol. The zero-order valence-corrected chi connectivity index (χ0v) is 26.2. The van der Waals surface area contributed by atoms with Crippen molar-refractivity contribution in [2.75, 3.05) is 0 Å². The van der Waals surface area contributed by atoms with Crippen LogP contribution in [0.25, 0.3) is 67.5 Å². The predicted molar refractivity (Wildman–Crippen MR) is 146 cm³/mol. The van der Waals surface area contributed by atoms with E-state index >= 15 is 0 Å². The molecule has 0 amide bonds. The number of fused-ring (bicyclic) bond motifs is 8. The molecule has 8 bridgehead atoms. The van der Waals surface area contributed by atoms with Crippen LogP contribution >= 0.6 is 22.7 Å². The Labute approximate surface area is 268 Å². The third-order valence-corrected chi connectivity index (χ3v) is 8.21. The van der Waals surface area contributed by atoms with Crippen LogP contribution in [0.4, 0.5) is 0 Å². The first-order valence-electron chi connectivity index (χ1n) is 11.5. The van der Waals surface area contributed by atoms with Gasteiger partial charge in [0.05, 0.1) is 44.7 Å². The first-order chi connectivity index (χ1) is 17.6. The van der Waals surface area contributed by atoms with Crippen LogP contribution in [0.2, 0.25) is 0 Å². The van der Waals surface area contributed by atoms with Gasteiger partial charge in [-0.1, -0.05) is 59.1 Å². The quantitative estimate of drug-likeness (QED) is 0.140. The molecule has 12 heteroatoms. The Hall–Kier alpha value is -2.75. The van der Waals surface area contributed by atoms with Crippen LogP contribution in [0.5, 0.6) is 0 Å². The van der Waals surface area contributed by atoms with E-state index in [1.807, 2.05) is 36.4 Å². The Bertz CT molecular complexity index is 1760. The SMILES string of the molecule is C[n+]1ccsc1-c1c2nc(cc3ccc([n-]3)c(-c3scc[n+]3C)c3nc(cc4ccc1[n-]4)C=C3)C=C2.[Cl-].[Cl-].[Cl-].[Mn+3]. The van der Waals surface area contributed by atoms with Crippen molar-refractivity contribution in [1.82, 2.24) is 19.9 Å². The molecule has 2 aliphatic rings. The third-order valence-electron chi connectivity index (χ3n) is 6.26. The Balaban J connectivity index is 0.00000110. The van der Waals surface area contributed by atoms with Crippen LogP contribution in [0.15, 0.2) is 59.6 Å². The van der Waals surface area contributed by atoms with Gasteiger partial charge in [0.15, 0.2) is 12.4 Å². The zero-order chi connectivity index (χ0) is 24.2. The van der Waals surface area contributed by atoms with Crippen molar-refractivity contribution in [1.29, 1.82) is 0 Å². The van der Waals surface area contributed by atoms with Crippen molar-refractivity contribution in [2.24, 2.45) is 14.1 Å². The van der Waals surface area contributed by atoms with E-state index in [0.717, 1.165) is 66.0 Å². The summed E-state index contributed by atoms with van der Waals surface area (Å²) in [6, 6.07) is 12.3. The van der Waals surface area contributed by atoms with Crippen LogP contribution in [-0.2, 0) is 31.2 Å². The van der Waals surface area contributed by atoms with E-state index in [4.69, 9.17) is 19.9 Å². The van der Waals surface area contributed by atoms with Gasteiger partial charge in [-0.25, -0.2) is 9.97 Å². The van der Waals surface area contributed by atoms with Crippen molar-refractivity contribution < 1.29 is 63.4 Å². The Morgan fingerprint density at radius 1 is 0.625 bits per heavy atom. The maximum Gasteiger partial charge on any atom is 3.00 e. The Morgan fingerprint density at radius 2 is 1.05 bits per heavy atom. The Morgan fingerprint density at radius 3 is 1.43 bits per heavy atom. The number of rotatable bonds is 2. The van der Waals surface area contributed by atoms with E-state index in [1.165, 1.54) is 0 Å². The van der Waals surface area contributed by atoms with E-state index in [1.54, 1.807) is 22.7 Å². The summed E-state index contributed by atoms with van der Waals surface area (Å²) in [5, 5.41) is 6.38. The van der Waals surface area contributed by atoms with Gasteiger partial charge in [-0.3, -0.25) is 0 Å². The van der Waals surface area contributed by atoms with Crippen LogP contribution in [0.3, 0.4) is 0 Å². The largest absolute Gasteiger partial charge is 3.00 e. The zero-order valence-electron chi connectivity index (χ0n) is 21.1. The fraction of sp³-hybridized carbons (Fsp3) is 0.0714. The number of aryl methyl sites for hydroxylation is 2. The van der Waals surface area contributed by atoms with Crippen LogP contribution < -0.4 is 56.3 Å². The molecule has 0 spiro atoms. The van der Waals surface area contributed by atoms with Gasteiger partial charge in [0.2, 0.25) is 0 Å². The van der Waals surface area contributed by atoms with Gasteiger partial charge in [0, 0.05) is 0 Å². The van der Waals surface area contributed by atoms with Crippen LogP contribution in [0.1, 0.15) is 22.8 Å². The molecule has 0 aromatic carbocycles. The second kappa shape index (κ2) is 12.8. The van der Waals surface area contributed by atoms with Gasteiger partial charge < -0.3 is 47.2 Å². The molecule has 5 aromatic heterocycles. The number of hydrogen-bond donors (Lipinski definition) is 0. The minimum absolute atomic E-state index is 0. The summed E-state index contributed by atoms with van der Waals surface area (Å²) in [6.45, 7) is 0. The third kappa shape index (κ3) is 5.69. The summed E-state index contributed by atoms with van der Waals surface area (Å²) in [5.41, 5.74) is 9.11. The normalized spacial score (nSPS) is 11.2. The van der Waals surface area contributed by atoms with E-state index < -0.39 is 0 Å². The fourth-order valence-electron chi connectivity index (χ4n) is 4.54. The molecule has 0 radical (unpaired) electrons. The fourth-order valence-corrected chi connectivity index (χ4v) is 6.39. The maximum atomic E-state index is 4.97. The first-order valence-corrected chi connectivity index (χ1v) is 13.2. The molecule has 0 saturated carbocycles. The summed E-state index contributed by atoms with van der Waals surface area (Å²) in [5.74, 6) is 0. The molecule has 7 heterocycles. The Kier molecular flexibility index (Phi) is 10.2. The van der Waals surface area contributed by atoms with Crippen molar-refractivity contribution in [3.63, 3.8) is 0 Å². The minimum Gasteiger partial charge on any atom is -1.00 e. The molecule has 0 fully saturated rings. The van der Waals surface area contributed by atoms with E-state index in [9.17, 15) is 0 Å². The molecule has 0 saturated heterocycles. The molecular weight excluding hydrogens is 646 g/mol. The molecule has 6 nitrogen and oxygen atoms in total. The van der Waals surface area contributed by atoms with E-state index in [0.29, 0.717) is 0 Å². The van der Waals surface area contributed by atoms with Gasteiger partial charge in [0.25, 0.3) is 10.0 Å². The van der Waals surface area contributed by atoms with E-state index in [-0.39, 0.29) is 54.3 Å². The average Bonchev–Trinajstić information content (AvgIpc) is 3.68. The number of hydrogen-bond acceptors (Lipinski definition) is 4. The minimum atomic E-state index is 0. The van der Waals surface area contributed by atoms with Gasteiger partial charge in [-0.05, 0) is 24.3 Å². The van der Waals surface area contributed by atoms with Gasteiger partial charge in [-0.2, -0.15) is 9.13 Å². The van der Waals surface area contributed by atoms with Gasteiger partial charge in [0.1, 0.15) is 14.1 Å². The predicted octanol–water partition coefficient (Wildman–Crippen LogP) is -3.97. The number of halogens is 3. The van der Waals surface area contributed by atoms with Crippen molar-refractivity contribution in [3.8, 4) is 21.1 Å². The molecule has 0 atom stereocenters. The molecule has 7 rings (SSSR count). The molecule has 5 aromatic rings. The summed E-state index contributed by atoms with van der Waals surface area (Å²) in [7, 11) is 4.10. The van der Waals surface area contributed by atoms with Gasteiger partial charge >= 0.3 is 17.1 Å². The van der Waals surface area contributed by atoms with Crippen LogP contribution in [0, 0.1) is 0 Å². The second-order valence-electron chi connectivity index (χ2n) is 8.70. The smallest absolute Gasteiger partial charge is 1.00 e. The van der Waals surface area contributed by atoms with Gasteiger partial charge in [-0.15, -0.1) is 22.1 Å². The molecule has 0 N–H and O–H groups in total. The molecule has 2 aliphatic heterocycles. The first kappa shape index (κ1) is 31.8. The number of thiazole rings is 2. The molecule has 202 valence electrons. The van der Waals surface area contributed by atoms with Crippen LogP contribution in [-0.4, -0.2) is 9.97 Å². The topological polar surface area (TPSA) is 61.7 Å². The monoisotopic (exact) mass is 664 g/mol. The van der Waals surface area contributed by atoms with Crippen molar-refractivity contribution >= 4 is 69.0 Å². The van der Waals surface area contributed by atoms with Crippen molar-refractivity contribution in [3.05, 3.63) is 82.3 Å². The summed E-state index contributed by atoms with van der Waals surface area (Å²) in [4.78, 5) is 19.9. The molecule has 0 unspecified atom stereocenters. The van der Waals surface area contributed by atoms with E-state index in [2.05, 4.69) is 70.7 Å². The summed E-state index contributed by atoms with van der Waals surface area (Å²) >= 11 is 3.37. The number of nitrogens with zero attached hydrogens (tertiary/aromatic N) is 6. The standard InChI is InChI=1S/C28H20N6S2.3ClH.Mn/c1-33-11-13-35-27(33)25-21-7-3-17(29-21)15-19-5-9-23(31-19)26(28-34(2)12-14-36-28)24-10-6-20(32-24)16-18-4-8-22(25)30-18;;;;/h3-16H,1-2H3;3*1H;/q;;;;+3/p-3. The second-order valence-corrected chi connectivity index (χ2v) is 10.5.